The summed E-state index contributed by atoms with van der Waals surface area (Å²) < 4.78 is 25.8. The summed E-state index contributed by atoms with van der Waals surface area (Å²) in [5.74, 6) is 2.03. The van der Waals surface area contributed by atoms with Crippen molar-refractivity contribution in [1.82, 2.24) is 5.32 Å². The normalized spacial score (nSPS) is 17.7. The van der Waals surface area contributed by atoms with Gasteiger partial charge in [0.2, 0.25) is 15.9 Å². The lowest BCUT2D eigenvalue weighted by Crippen LogP contribution is -2.39. The maximum absolute atomic E-state index is 12.1. The second kappa shape index (κ2) is 9.50. The Morgan fingerprint density at radius 3 is 2.75 bits per heavy atom. The van der Waals surface area contributed by atoms with Crippen LogP contribution < -0.4 is 15.4 Å². The number of carbonyl (C=O) groups is 1. The monoisotopic (exact) mass is 393 g/mol. The van der Waals surface area contributed by atoms with Crippen LogP contribution in [0.1, 0.15) is 18.9 Å². The standard InChI is InChI=1S/C15H23N3O3S2.ClH/c1-3-23(20,21)18-14-5-4-12(8-11(14)2)17-15(19)9-13-10-22-7-6-16-13;/h4-5,8,13,16,18H,3,6-7,9-10H2,1-2H3,(H,17,19);1H. The zero-order chi connectivity index (χ0) is 16.9. The van der Waals surface area contributed by atoms with Gasteiger partial charge in [0.1, 0.15) is 0 Å². The van der Waals surface area contributed by atoms with Crippen LogP contribution in [0.5, 0.6) is 0 Å². The van der Waals surface area contributed by atoms with Crippen molar-refractivity contribution >= 4 is 51.5 Å². The van der Waals surface area contributed by atoms with E-state index < -0.39 is 10.0 Å². The maximum Gasteiger partial charge on any atom is 0.232 e. The lowest BCUT2D eigenvalue weighted by atomic mass is 10.1. The van der Waals surface area contributed by atoms with Gasteiger partial charge in [-0.2, -0.15) is 11.8 Å². The summed E-state index contributed by atoms with van der Waals surface area (Å²) in [4.78, 5) is 12.1. The van der Waals surface area contributed by atoms with Crippen molar-refractivity contribution < 1.29 is 13.2 Å². The van der Waals surface area contributed by atoms with E-state index >= 15 is 0 Å². The number of sulfonamides is 1. The first-order valence-electron chi connectivity index (χ1n) is 7.62. The molecule has 3 N–H and O–H groups in total. The third-order valence-corrected chi connectivity index (χ3v) is 6.01. The summed E-state index contributed by atoms with van der Waals surface area (Å²) in [5, 5.41) is 6.20. The molecule has 1 atom stereocenters. The number of hydrogen-bond donors (Lipinski definition) is 3. The molecule has 0 saturated carbocycles. The van der Waals surface area contributed by atoms with E-state index in [0.717, 1.165) is 23.6 Å². The predicted octanol–water partition coefficient (Wildman–Crippen LogP) is 2.21. The van der Waals surface area contributed by atoms with Gasteiger partial charge in [0.05, 0.1) is 11.4 Å². The van der Waals surface area contributed by atoms with E-state index in [1.807, 2.05) is 18.7 Å². The number of carbonyl (C=O) groups excluding carboxylic acids is 1. The van der Waals surface area contributed by atoms with E-state index in [9.17, 15) is 13.2 Å². The Balaban J connectivity index is 0.00000288. The molecule has 0 aliphatic carbocycles. The van der Waals surface area contributed by atoms with Crippen LogP contribution in [0.2, 0.25) is 0 Å². The summed E-state index contributed by atoms with van der Waals surface area (Å²) in [6.07, 6.45) is 0.441. The van der Waals surface area contributed by atoms with E-state index in [2.05, 4.69) is 15.4 Å². The summed E-state index contributed by atoms with van der Waals surface area (Å²) >= 11 is 1.86. The SMILES string of the molecule is CCS(=O)(=O)Nc1ccc(NC(=O)CC2CSCCN2)cc1C.Cl. The van der Waals surface area contributed by atoms with Gasteiger partial charge in [-0.1, -0.05) is 0 Å². The predicted molar refractivity (Wildman–Crippen MR) is 104 cm³/mol. The molecule has 6 nitrogen and oxygen atoms in total. The molecule has 0 radical (unpaired) electrons. The molecular formula is C15H24ClN3O3S2. The van der Waals surface area contributed by atoms with Crippen molar-refractivity contribution in [3.05, 3.63) is 23.8 Å². The zero-order valence-electron chi connectivity index (χ0n) is 13.8. The van der Waals surface area contributed by atoms with Crippen LogP contribution in [0.25, 0.3) is 0 Å². The lowest BCUT2D eigenvalue weighted by Gasteiger charge is -2.22. The highest BCUT2D eigenvalue weighted by atomic mass is 35.5. The summed E-state index contributed by atoms with van der Waals surface area (Å²) in [5.41, 5.74) is 1.98. The van der Waals surface area contributed by atoms with Crippen LogP contribution in [0.15, 0.2) is 18.2 Å². The molecule has 1 aliphatic heterocycles. The molecule has 0 aromatic heterocycles. The summed E-state index contributed by atoms with van der Waals surface area (Å²) in [7, 11) is -3.30. The molecule has 1 saturated heterocycles. The Morgan fingerprint density at radius 1 is 1.42 bits per heavy atom. The van der Waals surface area contributed by atoms with Gasteiger partial charge in [-0.3, -0.25) is 9.52 Å². The first kappa shape index (κ1) is 21.1. The minimum atomic E-state index is -3.30. The summed E-state index contributed by atoms with van der Waals surface area (Å²) in [6, 6.07) is 5.37. The Hall–Kier alpha value is -0.960. The second-order valence-corrected chi connectivity index (χ2v) is 8.67. The minimum absolute atomic E-state index is 0. The van der Waals surface area contributed by atoms with Gasteiger partial charge in [-0.25, -0.2) is 8.42 Å². The van der Waals surface area contributed by atoms with Crippen molar-refractivity contribution in [2.75, 3.05) is 33.8 Å². The molecule has 136 valence electrons. The Morgan fingerprint density at radius 2 is 2.17 bits per heavy atom. The highest BCUT2D eigenvalue weighted by Gasteiger charge is 2.17. The average molecular weight is 394 g/mol. The molecule has 1 aliphatic rings. The van der Waals surface area contributed by atoms with Gasteiger partial charge in [-0.15, -0.1) is 12.4 Å². The molecule has 1 unspecified atom stereocenters. The fourth-order valence-corrected chi connectivity index (χ4v) is 3.94. The van der Waals surface area contributed by atoms with Crippen LogP contribution in [-0.4, -0.2) is 44.2 Å². The van der Waals surface area contributed by atoms with Gasteiger partial charge in [0.25, 0.3) is 0 Å². The number of halogens is 1. The molecule has 1 aromatic carbocycles. The van der Waals surface area contributed by atoms with E-state index in [4.69, 9.17) is 0 Å². The largest absolute Gasteiger partial charge is 0.326 e. The van der Waals surface area contributed by atoms with Crippen molar-refractivity contribution in [2.24, 2.45) is 0 Å². The number of benzene rings is 1. The number of rotatable bonds is 6. The van der Waals surface area contributed by atoms with E-state index in [1.165, 1.54) is 0 Å². The van der Waals surface area contributed by atoms with Crippen LogP contribution in [-0.2, 0) is 14.8 Å². The average Bonchev–Trinajstić information content (AvgIpc) is 2.51. The van der Waals surface area contributed by atoms with Crippen LogP contribution in [0.3, 0.4) is 0 Å². The zero-order valence-corrected chi connectivity index (χ0v) is 16.2. The Bertz CT molecular complexity index is 662. The third kappa shape index (κ3) is 6.51. The molecule has 1 fully saturated rings. The van der Waals surface area contributed by atoms with Gasteiger partial charge in [-0.05, 0) is 37.6 Å². The van der Waals surface area contributed by atoms with Crippen LogP contribution in [0, 0.1) is 6.92 Å². The van der Waals surface area contributed by atoms with Crippen LogP contribution >= 0.6 is 24.2 Å². The number of hydrogen-bond acceptors (Lipinski definition) is 5. The quantitative estimate of drug-likeness (QED) is 0.689. The van der Waals surface area contributed by atoms with Gasteiger partial charge in [0, 0.05) is 36.2 Å². The van der Waals surface area contributed by atoms with E-state index in [-0.39, 0.29) is 30.1 Å². The first-order valence-corrected chi connectivity index (χ1v) is 10.4. The molecule has 1 aromatic rings. The molecule has 0 spiro atoms. The van der Waals surface area contributed by atoms with E-state index in [1.54, 1.807) is 25.1 Å². The van der Waals surface area contributed by atoms with E-state index in [0.29, 0.717) is 17.8 Å². The van der Waals surface area contributed by atoms with Crippen molar-refractivity contribution in [2.45, 2.75) is 26.3 Å². The molecule has 0 bridgehead atoms. The number of aryl methyl sites for hydroxylation is 1. The highest BCUT2D eigenvalue weighted by molar-refractivity contribution is 7.99. The summed E-state index contributed by atoms with van der Waals surface area (Å²) in [6.45, 7) is 4.33. The second-order valence-electron chi connectivity index (χ2n) is 5.51. The smallest absolute Gasteiger partial charge is 0.232 e. The van der Waals surface area contributed by atoms with Crippen molar-refractivity contribution in [3.63, 3.8) is 0 Å². The molecule has 1 heterocycles. The van der Waals surface area contributed by atoms with Gasteiger partial charge in [0.15, 0.2) is 0 Å². The number of thioether (sulfide) groups is 1. The molecular weight excluding hydrogens is 370 g/mol. The third-order valence-electron chi connectivity index (χ3n) is 3.59. The molecule has 2 rings (SSSR count). The highest BCUT2D eigenvalue weighted by Crippen LogP contribution is 2.21. The first-order chi connectivity index (χ1) is 10.9. The maximum atomic E-state index is 12.1. The van der Waals surface area contributed by atoms with Crippen molar-refractivity contribution in [1.29, 1.82) is 0 Å². The van der Waals surface area contributed by atoms with Crippen molar-refractivity contribution in [3.8, 4) is 0 Å². The fraction of sp³-hybridized carbons (Fsp3) is 0.533. The Kier molecular flexibility index (Phi) is 8.35. The van der Waals surface area contributed by atoms with Gasteiger partial charge >= 0.3 is 0 Å². The molecule has 1 amide bonds. The minimum Gasteiger partial charge on any atom is -0.326 e. The van der Waals surface area contributed by atoms with Crippen LogP contribution in [0.4, 0.5) is 11.4 Å². The number of nitrogens with one attached hydrogen (secondary N) is 3. The topological polar surface area (TPSA) is 87.3 Å². The fourth-order valence-electron chi connectivity index (χ4n) is 2.28. The Labute approximate surface area is 154 Å². The molecule has 24 heavy (non-hydrogen) atoms. The number of anilines is 2. The van der Waals surface area contributed by atoms with Gasteiger partial charge < -0.3 is 10.6 Å². The molecule has 9 heteroatoms. The number of amides is 1. The lowest BCUT2D eigenvalue weighted by molar-refractivity contribution is -0.116.